The highest BCUT2D eigenvalue weighted by atomic mass is 35.5. The van der Waals surface area contributed by atoms with Crippen LogP contribution < -0.4 is 0 Å². The number of urea groups is 1. The van der Waals surface area contributed by atoms with Gasteiger partial charge in [0.2, 0.25) is 5.96 Å². The number of aliphatic hydroxyl groups is 1. The van der Waals surface area contributed by atoms with Crippen LogP contribution in [0.1, 0.15) is 12.5 Å². The first-order valence-corrected chi connectivity index (χ1v) is 9.06. The highest BCUT2D eigenvalue weighted by molar-refractivity contribution is 6.31. The number of guanidine groups is 1. The molecule has 2 atom stereocenters. The second kappa shape index (κ2) is 6.54. The molecule has 2 unspecified atom stereocenters. The Bertz CT molecular complexity index is 870. The van der Waals surface area contributed by atoms with Gasteiger partial charge in [0.1, 0.15) is 0 Å². The molecule has 1 saturated heterocycles. The number of carbonyl (C=O) groups is 2. The number of imide groups is 1. The quantitative estimate of drug-likeness (QED) is 0.838. The molecule has 8 nitrogen and oxygen atoms in total. The lowest BCUT2D eigenvalue weighted by Crippen LogP contribution is -2.63. The molecular formula is C18H20ClN5O3. The number of aliphatic hydroxyl groups excluding tert-OH is 1. The summed E-state index contributed by atoms with van der Waals surface area (Å²) in [6.45, 7) is 2.35. The number of nitrogens with zero attached hydrogens (tertiary/aromatic N) is 5. The molecule has 3 aliphatic heterocycles. The van der Waals surface area contributed by atoms with Crippen molar-refractivity contribution in [3.05, 3.63) is 46.7 Å². The predicted octanol–water partition coefficient (Wildman–Crippen LogP) is 1.27. The molecule has 0 saturated carbocycles. The van der Waals surface area contributed by atoms with Crippen molar-refractivity contribution in [2.75, 3.05) is 20.2 Å². The summed E-state index contributed by atoms with van der Waals surface area (Å²) < 4.78 is 0. The van der Waals surface area contributed by atoms with Crippen molar-refractivity contribution in [2.45, 2.75) is 25.7 Å². The third kappa shape index (κ3) is 2.67. The Balaban J connectivity index is 1.65. The lowest BCUT2D eigenvalue weighted by Gasteiger charge is -2.40. The number of halogens is 1. The van der Waals surface area contributed by atoms with Crippen LogP contribution in [0.25, 0.3) is 0 Å². The molecule has 3 aliphatic rings. The number of hydrogen-bond acceptors (Lipinski definition) is 6. The van der Waals surface area contributed by atoms with Gasteiger partial charge >= 0.3 is 6.03 Å². The Kier molecular flexibility index (Phi) is 4.32. The first-order chi connectivity index (χ1) is 12.9. The van der Waals surface area contributed by atoms with Crippen molar-refractivity contribution in [3.63, 3.8) is 0 Å². The van der Waals surface area contributed by atoms with Gasteiger partial charge < -0.3 is 19.8 Å². The Morgan fingerprint density at radius 1 is 1.22 bits per heavy atom. The number of amides is 3. The van der Waals surface area contributed by atoms with E-state index in [-0.39, 0.29) is 19.1 Å². The fourth-order valence-electron chi connectivity index (χ4n) is 3.72. The van der Waals surface area contributed by atoms with Crippen LogP contribution in [0.4, 0.5) is 4.79 Å². The van der Waals surface area contributed by atoms with Crippen LogP contribution >= 0.6 is 11.6 Å². The van der Waals surface area contributed by atoms with Crippen LogP contribution in [-0.2, 0) is 11.3 Å². The average molecular weight is 390 g/mol. The number of benzene rings is 1. The van der Waals surface area contributed by atoms with Crippen molar-refractivity contribution in [1.82, 2.24) is 19.6 Å². The molecule has 27 heavy (non-hydrogen) atoms. The van der Waals surface area contributed by atoms with Crippen LogP contribution in [-0.4, -0.2) is 75.0 Å². The summed E-state index contributed by atoms with van der Waals surface area (Å²) in [4.78, 5) is 37.0. The Morgan fingerprint density at radius 3 is 2.67 bits per heavy atom. The zero-order chi connectivity index (χ0) is 19.3. The summed E-state index contributed by atoms with van der Waals surface area (Å²) in [7, 11) is 1.64. The van der Waals surface area contributed by atoms with E-state index in [2.05, 4.69) is 4.99 Å². The molecule has 0 aromatic heterocycles. The summed E-state index contributed by atoms with van der Waals surface area (Å²) in [5, 5.41) is 9.82. The molecule has 0 radical (unpaired) electrons. The summed E-state index contributed by atoms with van der Waals surface area (Å²) in [5.41, 5.74) is 1.60. The van der Waals surface area contributed by atoms with E-state index in [1.165, 1.54) is 9.80 Å². The van der Waals surface area contributed by atoms with Crippen molar-refractivity contribution in [2.24, 2.45) is 4.99 Å². The van der Waals surface area contributed by atoms with Gasteiger partial charge in [0.15, 0.2) is 12.2 Å². The third-order valence-electron chi connectivity index (χ3n) is 5.11. The van der Waals surface area contributed by atoms with Gasteiger partial charge in [0.25, 0.3) is 5.91 Å². The summed E-state index contributed by atoms with van der Waals surface area (Å²) >= 11 is 6.21. The van der Waals surface area contributed by atoms with E-state index < -0.39 is 18.2 Å². The number of carbonyl (C=O) groups excluding carboxylic acids is 2. The second-order valence-electron chi connectivity index (χ2n) is 6.75. The Labute approximate surface area is 161 Å². The molecule has 1 fully saturated rings. The number of fused-ring (bicyclic) bond motifs is 3. The molecule has 0 bridgehead atoms. The molecule has 4 rings (SSSR count). The van der Waals surface area contributed by atoms with Crippen molar-refractivity contribution in [1.29, 1.82) is 0 Å². The maximum Gasteiger partial charge on any atom is 0.328 e. The fraction of sp³-hybridized carbons (Fsp3) is 0.389. The maximum absolute atomic E-state index is 13.2. The molecule has 142 valence electrons. The van der Waals surface area contributed by atoms with E-state index >= 15 is 0 Å². The van der Waals surface area contributed by atoms with E-state index in [0.29, 0.717) is 23.1 Å². The molecule has 1 aromatic rings. The lowest BCUT2D eigenvalue weighted by molar-refractivity contribution is -0.137. The van der Waals surface area contributed by atoms with Crippen LogP contribution in [0.3, 0.4) is 0 Å². The van der Waals surface area contributed by atoms with E-state index in [0.717, 1.165) is 5.70 Å². The van der Waals surface area contributed by atoms with E-state index in [9.17, 15) is 14.7 Å². The highest BCUT2D eigenvalue weighted by Crippen LogP contribution is 2.34. The zero-order valence-corrected chi connectivity index (χ0v) is 15.8. The summed E-state index contributed by atoms with van der Waals surface area (Å²) in [6, 6.07) is 6.14. The third-order valence-corrected chi connectivity index (χ3v) is 5.48. The molecule has 1 aromatic carbocycles. The SMILES string of the molecule is CC1=CN2C(=NC3C2C(=O)N(Cc2ccccc2Cl)C(=O)N3C)N1CCO. The molecule has 0 aliphatic carbocycles. The van der Waals surface area contributed by atoms with E-state index in [4.69, 9.17) is 11.6 Å². The van der Waals surface area contributed by atoms with E-state index in [1.54, 1.807) is 30.1 Å². The minimum Gasteiger partial charge on any atom is -0.395 e. The number of β-amino-alcohol motifs (C(OH)–C–C–N with tert-alkyl or cyclic N) is 1. The normalized spacial score (nSPS) is 24.3. The molecule has 3 heterocycles. The van der Waals surface area contributed by atoms with Gasteiger partial charge in [-0.1, -0.05) is 29.8 Å². The minimum absolute atomic E-state index is 0.0330. The van der Waals surface area contributed by atoms with Crippen molar-refractivity contribution >= 4 is 29.5 Å². The summed E-state index contributed by atoms with van der Waals surface area (Å²) in [5.74, 6) is 0.279. The van der Waals surface area contributed by atoms with Crippen LogP contribution in [0.5, 0.6) is 0 Å². The summed E-state index contributed by atoms with van der Waals surface area (Å²) in [6.07, 6.45) is 1.25. The maximum atomic E-state index is 13.2. The topological polar surface area (TPSA) is 79.7 Å². The molecule has 1 N–H and O–H groups in total. The Hall–Kier alpha value is -2.58. The van der Waals surface area contributed by atoms with Gasteiger partial charge in [0, 0.05) is 30.5 Å². The average Bonchev–Trinajstić information content (AvgIpc) is 3.15. The van der Waals surface area contributed by atoms with Crippen molar-refractivity contribution < 1.29 is 14.7 Å². The highest BCUT2D eigenvalue weighted by Gasteiger charge is 2.54. The largest absolute Gasteiger partial charge is 0.395 e. The van der Waals surface area contributed by atoms with Crippen LogP contribution in [0.2, 0.25) is 5.02 Å². The number of rotatable bonds is 4. The monoisotopic (exact) mass is 389 g/mol. The first-order valence-electron chi connectivity index (χ1n) is 8.68. The standard InChI is InChI=1S/C18H20ClN5O3/c1-11-9-23-14-15(20-17(23)22(11)7-8-25)21(2)18(27)24(16(14)26)10-12-5-3-4-6-13(12)19/h3-6,9,14-15,25H,7-8,10H2,1-2H3. The van der Waals surface area contributed by atoms with Crippen molar-refractivity contribution in [3.8, 4) is 0 Å². The fourth-order valence-corrected chi connectivity index (χ4v) is 3.92. The second-order valence-corrected chi connectivity index (χ2v) is 7.16. The van der Waals surface area contributed by atoms with Crippen LogP contribution in [0, 0.1) is 0 Å². The number of allylic oxidation sites excluding steroid dienone is 1. The van der Waals surface area contributed by atoms with Gasteiger partial charge in [0.05, 0.1) is 13.2 Å². The van der Waals surface area contributed by atoms with Gasteiger partial charge in [-0.25, -0.2) is 9.79 Å². The zero-order valence-electron chi connectivity index (χ0n) is 15.0. The molecule has 9 heteroatoms. The lowest BCUT2D eigenvalue weighted by atomic mass is 10.1. The molecular weight excluding hydrogens is 370 g/mol. The van der Waals surface area contributed by atoms with E-state index in [1.807, 2.05) is 24.1 Å². The van der Waals surface area contributed by atoms with Gasteiger partial charge in [-0.05, 0) is 18.6 Å². The Morgan fingerprint density at radius 2 is 1.96 bits per heavy atom. The smallest absolute Gasteiger partial charge is 0.328 e. The molecule has 0 spiro atoms. The van der Waals surface area contributed by atoms with Gasteiger partial charge in [-0.2, -0.15) is 0 Å². The van der Waals surface area contributed by atoms with Gasteiger partial charge in [-0.15, -0.1) is 0 Å². The first kappa shape index (κ1) is 17.8. The van der Waals surface area contributed by atoms with Gasteiger partial charge in [-0.3, -0.25) is 9.69 Å². The number of aliphatic imine (C=N–C) groups is 1. The predicted molar refractivity (Wildman–Crippen MR) is 99.6 cm³/mol. The number of hydrogen-bond donors (Lipinski definition) is 1. The number of likely N-dealkylation sites (N-methyl/N-ethyl adjacent to an activating group) is 1. The molecule has 3 amide bonds. The van der Waals surface area contributed by atoms with Crippen LogP contribution in [0.15, 0.2) is 41.2 Å². The minimum atomic E-state index is -0.621.